The Kier molecular flexibility index (Phi) is 6.61. The number of hydrogen-bond donors (Lipinski definition) is 1. The molecule has 0 aliphatic carbocycles. The summed E-state index contributed by atoms with van der Waals surface area (Å²) >= 11 is 21.3. The van der Waals surface area contributed by atoms with Crippen LogP contribution in [0.25, 0.3) is 0 Å². The minimum Gasteiger partial charge on any atom is -0.295 e. The summed E-state index contributed by atoms with van der Waals surface area (Å²) < 4.78 is -1.55. The summed E-state index contributed by atoms with van der Waals surface area (Å²) in [6.45, 7) is 1.45. The van der Waals surface area contributed by atoms with Gasteiger partial charge in [0.2, 0.25) is 3.79 Å². The Morgan fingerprint density at radius 1 is 1.33 bits per heavy atom. The summed E-state index contributed by atoms with van der Waals surface area (Å²) in [6.07, 6.45) is 0. The number of halogens is 3. The summed E-state index contributed by atoms with van der Waals surface area (Å²) in [4.78, 5) is 11.6. The molecule has 0 radical (unpaired) electrons. The molecule has 0 aromatic heterocycles. The van der Waals surface area contributed by atoms with Gasteiger partial charge in [-0.2, -0.15) is 0 Å². The van der Waals surface area contributed by atoms with Gasteiger partial charge in [0.15, 0.2) is 5.78 Å². The average molecular weight is 293 g/mol. The van der Waals surface area contributed by atoms with Gasteiger partial charge < -0.3 is 0 Å². The van der Waals surface area contributed by atoms with Crippen LogP contribution in [0.1, 0.15) is 22.8 Å². The van der Waals surface area contributed by atoms with E-state index < -0.39 is 3.79 Å². The van der Waals surface area contributed by atoms with Crippen LogP contribution in [-0.4, -0.2) is 5.78 Å². The molecule has 15 heavy (non-hydrogen) atoms. The first-order valence-electron chi connectivity index (χ1n) is 3.73. The second kappa shape index (κ2) is 6.15. The van der Waals surface area contributed by atoms with Gasteiger partial charge in [0.1, 0.15) is 0 Å². The fourth-order valence-electron chi connectivity index (χ4n) is 0.982. The van der Waals surface area contributed by atoms with Crippen molar-refractivity contribution < 1.29 is 34.4 Å². The van der Waals surface area contributed by atoms with Crippen molar-refractivity contribution in [1.82, 2.24) is 0 Å². The van der Waals surface area contributed by atoms with Gasteiger partial charge in [0.25, 0.3) is 0 Å². The van der Waals surface area contributed by atoms with Gasteiger partial charge in [-0.1, -0.05) is 40.9 Å². The number of thiol groups is 1. The third-order valence-corrected chi connectivity index (χ3v) is 2.71. The number of Topliss-reactive ketones (excluding diaryl/α,β-unsaturated/α-hetero) is 1. The smallest absolute Gasteiger partial charge is 0.295 e. The maximum absolute atomic E-state index is 11.1. The molecular formula is C9H7Cl3NaOS+. The summed E-state index contributed by atoms with van der Waals surface area (Å²) in [6, 6.07) is 4.82. The molecule has 0 spiro atoms. The van der Waals surface area contributed by atoms with Crippen molar-refractivity contribution in [2.45, 2.75) is 15.6 Å². The molecule has 1 aromatic carbocycles. The van der Waals surface area contributed by atoms with Crippen molar-refractivity contribution in [3.05, 3.63) is 29.3 Å². The van der Waals surface area contributed by atoms with E-state index in [1.165, 1.54) is 13.0 Å². The van der Waals surface area contributed by atoms with E-state index in [2.05, 4.69) is 12.6 Å². The summed E-state index contributed by atoms with van der Waals surface area (Å²) in [5.41, 5.74) is 0.919. The molecule has 0 saturated heterocycles. The molecule has 0 heterocycles. The second-order valence-electron chi connectivity index (χ2n) is 2.79. The number of carbonyl (C=O) groups excluding carboxylic acids is 1. The first-order chi connectivity index (χ1) is 6.32. The van der Waals surface area contributed by atoms with Gasteiger partial charge in [0.05, 0.1) is 0 Å². The number of ketones is 1. The van der Waals surface area contributed by atoms with Crippen LogP contribution in [-0.2, 0) is 3.79 Å². The molecule has 0 amide bonds. The molecule has 0 atom stereocenters. The number of alkyl halides is 3. The third-order valence-electron chi connectivity index (χ3n) is 1.71. The summed E-state index contributed by atoms with van der Waals surface area (Å²) in [5, 5.41) is 0. The molecule has 0 unspecified atom stereocenters. The first kappa shape index (κ1) is 16.1. The standard InChI is InChI=1S/C9H7Cl3OS.Na/c1-5(13)6-2-3-8(14)7(4-6)9(10,11)12;/h2-4,14H,1H3;/q;+1. The van der Waals surface area contributed by atoms with Crippen LogP contribution in [0.4, 0.5) is 0 Å². The Morgan fingerprint density at radius 2 is 1.87 bits per heavy atom. The largest absolute Gasteiger partial charge is 1.00 e. The molecule has 0 fully saturated rings. The first-order valence-corrected chi connectivity index (χ1v) is 5.31. The van der Waals surface area contributed by atoms with E-state index in [-0.39, 0.29) is 35.3 Å². The Bertz CT molecular complexity index is 376. The molecule has 0 aliphatic rings. The quantitative estimate of drug-likeness (QED) is 0.354. The molecule has 0 N–H and O–H groups in total. The predicted molar refractivity (Wildman–Crippen MR) is 62.9 cm³/mol. The Hall–Kier alpha value is 1.11. The monoisotopic (exact) mass is 291 g/mol. The third kappa shape index (κ3) is 4.47. The Labute approximate surface area is 131 Å². The maximum Gasteiger partial charge on any atom is 1.00 e. The SMILES string of the molecule is CC(=O)c1ccc(S)c(C(Cl)(Cl)Cl)c1.[Na+]. The van der Waals surface area contributed by atoms with E-state index in [1.54, 1.807) is 12.1 Å². The van der Waals surface area contributed by atoms with Crippen LogP contribution >= 0.6 is 47.4 Å². The van der Waals surface area contributed by atoms with Crippen LogP contribution in [0.15, 0.2) is 23.1 Å². The number of rotatable bonds is 1. The van der Waals surface area contributed by atoms with Crippen LogP contribution in [0, 0.1) is 0 Å². The Balaban J connectivity index is 0.00000196. The van der Waals surface area contributed by atoms with Crippen molar-refractivity contribution in [2.24, 2.45) is 0 Å². The van der Waals surface area contributed by atoms with Crippen molar-refractivity contribution in [3.8, 4) is 0 Å². The molecule has 76 valence electrons. The number of carbonyl (C=O) groups is 1. The van der Waals surface area contributed by atoms with E-state index in [1.807, 2.05) is 0 Å². The molecule has 1 aromatic rings. The minimum atomic E-state index is -1.55. The van der Waals surface area contributed by atoms with E-state index >= 15 is 0 Å². The molecular weight excluding hydrogens is 286 g/mol. The minimum absolute atomic E-state index is 0. The second-order valence-corrected chi connectivity index (χ2v) is 5.55. The normalized spacial score (nSPS) is 10.7. The van der Waals surface area contributed by atoms with Gasteiger partial charge in [-0.05, 0) is 19.1 Å². The molecule has 1 rings (SSSR count). The fraction of sp³-hybridized carbons (Fsp3) is 0.222. The Morgan fingerprint density at radius 3 is 2.27 bits per heavy atom. The van der Waals surface area contributed by atoms with Crippen molar-refractivity contribution >= 4 is 53.2 Å². The summed E-state index contributed by atoms with van der Waals surface area (Å²) in [7, 11) is 0. The van der Waals surface area contributed by atoms with E-state index in [0.29, 0.717) is 16.0 Å². The number of hydrogen-bond acceptors (Lipinski definition) is 2. The molecule has 0 bridgehead atoms. The van der Waals surface area contributed by atoms with Crippen molar-refractivity contribution in [1.29, 1.82) is 0 Å². The van der Waals surface area contributed by atoms with Crippen molar-refractivity contribution in [2.75, 3.05) is 0 Å². The zero-order chi connectivity index (χ0) is 10.9. The van der Waals surface area contributed by atoms with Crippen LogP contribution in [0.5, 0.6) is 0 Å². The molecule has 1 nitrogen and oxygen atoms in total. The van der Waals surface area contributed by atoms with E-state index in [0.717, 1.165) is 0 Å². The number of benzene rings is 1. The van der Waals surface area contributed by atoms with Gasteiger partial charge in [-0.25, -0.2) is 0 Å². The summed E-state index contributed by atoms with van der Waals surface area (Å²) in [5.74, 6) is -0.0752. The average Bonchev–Trinajstić information content (AvgIpc) is 2.02. The fourth-order valence-corrected chi connectivity index (χ4v) is 1.96. The topological polar surface area (TPSA) is 17.1 Å². The van der Waals surface area contributed by atoms with E-state index in [4.69, 9.17) is 34.8 Å². The van der Waals surface area contributed by atoms with Gasteiger partial charge in [-0.15, -0.1) is 12.6 Å². The van der Waals surface area contributed by atoms with E-state index in [9.17, 15) is 4.79 Å². The zero-order valence-electron chi connectivity index (χ0n) is 8.22. The maximum atomic E-state index is 11.1. The predicted octanol–water partition coefficient (Wildman–Crippen LogP) is 1.01. The zero-order valence-corrected chi connectivity index (χ0v) is 13.4. The molecule has 0 aliphatic heterocycles. The van der Waals surface area contributed by atoms with Crippen LogP contribution in [0.2, 0.25) is 0 Å². The van der Waals surface area contributed by atoms with Gasteiger partial charge in [-0.3, -0.25) is 4.79 Å². The molecule has 0 saturated carbocycles. The molecule has 6 heteroatoms. The van der Waals surface area contributed by atoms with Crippen LogP contribution in [0.3, 0.4) is 0 Å². The van der Waals surface area contributed by atoms with Gasteiger partial charge >= 0.3 is 29.6 Å². The van der Waals surface area contributed by atoms with Gasteiger partial charge in [0, 0.05) is 16.0 Å². The van der Waals surface area contributed by atoms with Crippen LogP contribution < -0.4 is 29.6 Å². The van der Waals surface area contributed by atoms with Crippen molar-refractivity contribution in [3.63, 3.8) is 0 Å².